The van der Waals surface area contributed by atoms with E-state index in [4.69, 9.17) is 0 Å². The van der Waals surface area contributed by atoms with Crippen LogP contribution < -0.4 is 0 Å². The summed E-state index contributed by atoms with van der Waals surface area (Å²) in [6, 6.07) is 0.911. The molecule has 0 aromatic carbocycles. The fraction of sp³-hybridized carbons (Fsp3) is 1.00. The summed E-state index contributed by atoms with van der Waals surface area (Å²) < 4.78 is 0. The molecule has 0 atom stereocenters. The molecule has 0 bridgehead atoms. The van der Waals surface area contributed by atoms with Crippen LogP contribution in [-0.2, 0) is 0 Å². The number of hydrogen-bond donors (Lipinski definition) is 0. The van der Waals surface area contributed by atoms with Gasteiger partial charge in [-0.25, -0.2) is 0 Å². The summed E-state index contributed by atoms with van der Waals surface area (Å²) in [5, 5.41) is 0. The molecule has 0 radical (unpaired) electrons. The summed E-state index contributed by atoms with van der Waals surface area (Å²) in [7, 11) is 0. The van der Waals surface area contributed by atoms with Crippen molar-refractivity contribution in [1.29, 1.82) is 0 Å². The van der Waals surface area contributed by atoms with Gasteiger partial charge in [0.25, 0.3) is 0 Å². The highest BCUT2D eigenvalue weighted by atomic mass is 15.3. The second-order valence-corrected chi connectivity index (χ2v) is 6.81. The van der Waals surface area contributed by atoms with E-state index in [-0.39, 0.29) is 0 Å². The molecule has 0 N–H and O–H groups in total. The third kappa shape index (κ3) is 3.96. The van der Waals surface area contributed by atoms with Gasteiger partial charge in [0, 0.05) is 38.8 Å². The average molecular weight is 252 g/mol. The van der Waals surface area contributed by atoms with Crippen molar-refractivity contribution >= 4 is 0 Å². The minimum absolute atomic E-state index is 0.816. The van der Waals surface area contributed by atoms with Gasteiger partial charge in [0.2, 0.25) is 0 Å². The maximum atomic E-state index is 2.78. The van der Waals surface area contributed by atoms with Crippen molar-refractivity contribution in [3.8, 4) is 0 Å². The van der Waals surface area contributed by atoms with Gasteiger partial charge in [-0.1, -0.05) is 27.2 Å². The largest absolute Gasteiger partial charge is 0.301 e. The lowest BCUT2D eigenvalue weighted by Gasteiger charge is -2.42. The molecule has 0 unspecified atom stereocenters. The predicted octanol–water partition coefficient (Wildman–Crippen LogP) is 3.23. The molecule has 0 aromatic heterocycles. The van der Waals surface area contributed by atoms with E-state index in [1.807, 2.05) is 0 Å². The van der Waals surface area contributed by atoms with Crippen molar-refractivity contribution in [2.75, 3.05) is 32.7 Å². The normalized spacial score (nSPS) is 32.0. The van der Waals surface area contributed by atoms with Gasteiger partial charge in [0.05, 0.1) is 0 Å². The zero-order chi connectivity index (χ0) is 13.0. The van der Waals surface area contributed by atoms with Crippen LogP contribution in [0.3, 0.4) is 0 Å². The van der Waals surface area contributed by atoms with Gasteiger partial charge in [-0.05, 0) is 37.5 Å². The Morgan fingerprint density at radius 1 is 0.944 bits per heavy atom. The van der Waals surface area contributed by atoms with Gasteiger partial charge in [0.1, 0.15) is 0 Å². The predicted molar refractivity (Wildman–Crippen MR) is 78.9 cm³/mol. The van der Waals surface area contributed by atoms with Crippen LogP contribution in [0, 0.1) is 11.8 Å². The summed E-state index contributed by atoms with van der Waals surface area (Å²) in [6.45, 7) is 13.5. The van der Waals surface area contributed by atoms with Crippen LogP contribution in [0.1, 0.15) is 52.9 Å². The fourth-order valence-corrected chi connectivity index (χ4v) is 3.75. The second-order valence-electron chi connectivity index (χ2n) is 6.81. The van der Waals surface area contributed by atoms with E-state index in [2.05, 4.69) is 30.6 Å². The standard InChI is InChI=1S/C16H32N2/c1-4-15-5-7-16(8-6-15)18-11-9-17(10-12-18)13-14(2)3/h14-16H,4-13H2,1-3H3/t15-,16-. The van der Waals surface area contributed by atoms with Gasteiger partial charge in [-0.3, -0.25) is 4.90 Å². The smallest absolute Gasteiger partial charge is 0.0113 e. The third-order valence-electron chi connectivity index (χ3n) is 4.94. The van der Waals surface area contributed by atoms with Crippen molar-refractivity contribution in [3.05, 3.63) is 0 Å². The molecule has 1 saturated heterocycles. The Kier molecular flexibility index (Phi) is 5.50. The molecule has 1 heterocycles. The monoisotopic (exact) mass is 252 g/mol. The number of rotatable bonds is 4. The molecule has 2 fully saturated rings. The third-order valence-corrected chi connectivity index (χ3v) is 4.94. The summed E-state index contributed by atoms with van der Waals surface area (Å²) in [6.07, 6.45) is 7.28. The zero-order valence-electron chi connectivity index (χ0n) is 12.7. The zero-order valence-corrected chi connectivity index (χ0v) is 12.7. The summed E-state index contributed by atoms with van der Waals surface area (Å²) >= 11 is 0. The lowest BCUT2D eigenvalue weighted by molar-refractivity contribution is 0.0654. The van der Waals surface area contributed by atoms with Crippen LogP contribution in [0.5, 0.6) is 0 Å². The Labute approximate surface area is 114 Å². The lowest BCUT2D eigenvalue weighted by Crippen LogP contribution is -2.51. The Morgan fingerprint density at radius 2 is 1.56 bits per heavy atom. The first-order valence-electron chi connectivity index (χ1n) is 8.15. The van der Waals surface area contributed by atoms with Crippen LogP contribution in [-0.4, -0.2) is 48.6 Å². The van der Waals surface area contributed by atoms with E-state index in [9.17, 15) is 0 Å². The Bertz CT molecular complexity index is 223. The van der Waals surface area contributed by atoms with Gasteiger partial charge in [-0.2, -0.15) is 0 Å². The first-order chi connectivity index (χ1) is 8.69. The Hall–Kier alpha value is -0.0800. The van der Waals surface area contributed by atoms with Crippen molar-refractivity contribution in [1.82, 2.24) is 9.80 Å². The molecule has 0 spiro atoms. The molecule has 1 aliphatic carbocycles. The highest BCUT2D eigenvalue weighted by molar-refractivity contribution is 4.83. The molecule has 2 rings (SSSR count). The summed E-state index contributed by atoms with van der Waals surface area (Å²) in [4.78, 5) is 5.43. The first kappa shape index (κ1) is 14.3. The SMILES string of the molecule is CC[C@H]1CC[C@H](N2CCN(CC(C)C)CC2)CC1. The van der Waals surface area contributed by atoms with Crippen LogP contribution >= 0.6 is 0 Å². The Balaban J connectivity index is 1.70. The Morgan fingerprint density at radius 3 is 2.06 bits per heavy atom. The van der Waals surface area contributed by atoms with E-state index >= 15 is 0 Å². The maximum absolute atomic E-state index is 2.78. The minimum atomic E-state index is 0.816. The molecule has 0 aromatic rings. The molecule has 18 heavy (non-hydrogen) atoms. The van der Waals surface area contributed by atoms with Gasteiger partial charge in [0.15, 0.2) is 0 Å². The molecule has 1 aliphatic heterocycles. The van der Waals surface area contributed by atoms with Crippen LogP contribution in [0.15, 0.2) is 0 Å². The number of piperazine rings is 1. The molecule has 2 heteroatoms. The first-order valence-corrected chi connectivity index (χ1v) is 8.15. The van der Waals surface area contributed by atoms with Crippen molar-refractivity contribution in [3.63, 3.8) is 0 Å². The van der Waals surface area contributed by atoms with E-state index in [1.165, 1.54) is 64.8 Å². The average Bonchev–Trinajstić information content (AvgIpc) is 2.39. The van der Waals surface area contributed by atoms with Gasteiger partial charge < -0.3 is 4.90 Å². The van der Waals surface area contributed by atoms with Gasteiger partial charge >= 0.3 is 0 Å². The number of nitrogens with zero attached hydrogens (tertiary/aromatic N) is 2. The molecular weight excluding hydrogens is 220 g/mol. The highest BCUT2D eigenvalue weighted by Gasteiger charge is 2.27. The van der Waals surface area contributed by atoms with Crippen molar-refractivity contribution < 1.29 is 0 Å². The molecule has 0 amide bonds. The quantitative estimate of drug-likeness (QED) is 0.758. The lowest BCUT2D eigenvalue weighted by atomic mass is 9.84. The van der Waals surface area contributed by atoms with Crippen LogP contribution in [0.25, 0.3) is 0 Å². The molecule has 2 nitrogen and oxygen atoms in total. The highest BCUT2D eigenvalue weighted by Crippen LogP contribution is 2.29. The topological polar surface area (TPSA) is 6.48 Å². The van der Waals surface area contributed by atoms with E-state index in [0.29, 0.717) is 0 Å². The van der Waals surface area contributed by atoms with Crippen molar-refractivity contribution in [2.24, 2.45) is 11.8 Å². The van der Waals surface area contributed by atoms with Crippen LogP contribution in [0.4, 0.5) is 0 Å². The minimum Gasteiger partial charge on any atom is -0.301 e. The van der Waals surface area contributed by atoms with E-state index in [1.54, 1.807) is 0 Å². The van der Waals surface area contributed by atoms with Gasteiger partial charge in [-0.15, -0.1) is 0 Å². The van der Waals surface area contributed by atoms with E-state index in [0.717, 1.165) is 17.9 Å². The van der Waals surface area contributed by atoms with Crippen LogP contribution in [0.2, 0.25) is 0 Å². The molecule has 106 valence electrons. The van der Waals surface area contributed by atoms with Crippen molar-refractivity contribution in [2.45, 2.75) is 58.9 Å². The maximum Gasteiger partial charge on any atom is 0.0113 e. The molecule has 1 saturated carbocycles. The second kappa shape index (κ2) is 6.91. The molecule has 2 aliphatic rings. The van der Waals surface area contributed by atoms with E-state index < -0.39 is 0 Å². The molecular formula is C16H32N2. The summed E-state index contributed by atoms with van der Waals surface area (Å²) in [5.74, 6) is 1.85. The number of hydrogen-bond acceptors (Lipinski definition) is 2. The summed E-state index contributed by atoms with van der Waals surface area (Å²) in [5.41, 5.74) is 0. The fourth-order valence-electron chi connectivity index (χ4n) is 3.75.